The first-order valence-corrected chi connectivity index (χ1v) is 0.548. The molecule has 12 N–H and O–H groups in total. The molecule has 11 heavy (non-hydrogen) atoms. The van der Waals surface area contributed by atoms with Gasteiger partial charge in [-0.2, -0.15) is 0 Å². The summed E-state index contributed by atoms with van der Waals surface area (Å²) in [5.41, 5.74) is 0. The zero-order valence-electron chi connectivity index (χ0n) is 5.08. The molecular weight excluding hydrogens is 210 g/mol. The van der Waals surface area contributed by atoms with Crippen LogP contribution in [-0.4, -0.2) is 37.9 Å². The first kappa shape index (κ1) is 152. The summed E-state index contributed by atoms with van der Waals surface area (Å²) in [7, 11) is 0. The number of rotatable bonds is 0. The van der Waals surface area contributed by atoms with Crippen molar-refractivity contribution in [2.45, 2.75) is 0 Å². The molecule has 78 valence electrons. The molecular formula is H12CrNO9-. The summed E-state index contributed by atoms with van der Waals surface area (Å²) in [5, 5.41) is 14.8. The zero-order chi connectivity index (χ0) is 3.58. The van der Waals surface area contributed by atoms with E-state index in [1.807, 2.05) is 0 Å². The third kappa shape index (κ3) is 2070. The minimum atomic E-state index is -1.75. The van der Waals surface area contributed by atoms with E-state index in [0.29, 0.717) is 0 Å². The fourth-order valence-electron chi connectivity index (χ4n) is 0. The van der Waals surface area contributed by atoms with Crippen LogP contribution < -0.4 is 0 Å². The Morgan fingerprint density at radius 1 is 0.727 bits per heavy atom. The zero-order valence-corrected chi connectivity index (χ0v) is 6.36. The number of hydrogen-bond donors (Lipinski definition) is 0. The third-order valence-electron chi connectivity index (χ3n) is 0. The van der Waals surface area contributed by atoms with Crippen molar-refractivity contribution < 1.29 is 55.3 Å². The number of nitrogens with zero attached hydrogens (tertiary/aromatic N) is 1. The van der Waals surface area contributed by atoms with E-state index < -0.39 is 5.09 Å². The van der Waals surface area contributed by atoms with Crippen molar-refractivity contribution in [3.05, 3.63) is 15.3 Å². The molecule has 0 atom stereocenters. The monoisotopic (exact) mass is 222 g/mol. The van der Waals surface area contributed by atoms with Crippen molar-refractivity contribution in [2.75, 3.05) is 0 Å². The average molecular weight is 222 g/mol. The normalized spacial score (nSPS) is 2.18. The van der Waals surface area contributed by atoms with E-state index in [9.17, 15) is 0 Å². The quantitative estimate of drug-likeness (QED) is 0.287. The van der Waals surface area contributed by atoms with Crippen molar-refractivity contribution >= 4 is 0 Å². The third-order valence-corrected chi connectivity index (χ3v) is 0. The van der Waals surface area contributed by atoms with Gasteiger partial charge in [-0.15, -0.1) is 0 Å². The van der Waals surface area contributed by atoms with Gasteiger partial charge in [-0.3, -0.25) is 0 Å². The molecule has 11 heteroatoms. The van der Waals surface area contributed by atoms with E-state index in [-0.39, 0.29) is 50.2 Å². The Kier molecular flexibility index (Phi) is 1520. The predicted octanol–water partition coefficient (Wildman–Crippen LogP) is -5.19. The van der Waals surface area contributed by atoms with Gasteiger partial charge in [0.25, 0.3) is 0 Å². The van der Waals surface area contributed by atoms with Gasteiger partial charge < -0.3 is 48.2 Å². The maximum absolute atomic E-state index is 8.25. The molecule has 0 saturated carbocycles. The van der Waals surface area contributed by atoms with Gasteiger partial charge in [-0.1, -0.05) is 0 Å². The summed E-state index contributed by atoms with van der Waals surface area (Å²) < 4.78 is 0. The van der Waals surface area contributed by atoms with Crippen molar-refractivity contribution in [3.63, 3.8) is 0 Å². The van der Waals surface area contributed by atoms with Crippen LogP contribution in [0.2, 0.25) is 0 Å². The van der Waals surface area contributed by atoms with Gasteiger partial charge in [-0.25, -0.2) is 0 Å². The van der Waals surface area contributed by atoms with Crippen molar-refractivity contribution in [2.24, 2.45) is 0 Å². The largest absolute Gasteiger partial charge is 0.412 e. The Morgan fingerprint density at radius 3 is 0.727 bits per heavy atom. The second kappa shape index (κ2) is 110. The van der Waals surface area contributed by atoms with Crippen LogP contribution >= 0.6 is 0 Å². The molecule has 0 aliphatic carbocycles. The Hall–Kier alpha value is -0.508. The minimum Gasteiger partial charge on any atom is -0.412 e. The van der Waals surface area contributed by atoms with Crippen molar-refractivity contribution in [3.8, 4) is 0 Å². The Morgan fingerprint density at radius 2 is 0.727 bits per heavy atom. The standard InChI is InChI=1S/Cr.NO3.6H2O/c;2-1(3)4;;;;;;/h;;6*1H2/q;-1;;;;;;. The van der Waals surface area contributed by atoms with Crippen LogP contribution in [0.15, 0.2) is 0 Å². The first-order valence-electron chi connectivity index (χ1n) is 0.548. The molecule has 0 unspecified atom stereocenters. The van der Waals surface area contributed by atoms with Crippen molar-refractivity contribution in [1.82, 2.24) is 0 Å². The summed E-state index contributed by atoms with van der Waals surface area (Å²) >= 11 is 0. The molecule has 10 nitrogen and oxygen atoms in total. The van der Waals surface area contributed by atoms with Gasteiger partial charge in [0, 0.05) is 17.4 Å². The molecule has 0 aromatic heterocycles. The van der Waals surface area contributed by atoms with E-state index in [4.69, 9.17) is 15.3 Å². The molecule has 0 aliphatic heterocycles. The molecule has 0 amide bonds. The maximum atomic E-state index is 8.25. The topological polar surface area (TPSA) is 255 Å². The van der Waals surface area contributed by atoms with Gasteiger partial charge in [0.1, 0.15) is 0 Å². The van der Waals surface area contributed by atoms with Crippen LogP contribution in [0, 0.1) is 15.3 Å². The molecule has 0 aliphatic rings. The molecule has 0 bridgehead atoms. The second-order valence-electron chi connectivity index (χ2n) is 0.224. The fourth-order valence-corrected chi connectivity index (χ4v) is 0. The summed E-state index contributed by atoms with van der Waals surface area (Å²) in [6.45, 7) is 0. The molecule has 0 aromatic carbocycles. The van der Waals surface area contributed by atoms with Crippen LogP contribution in [0.5, 0.6) is 0 Å². The molecule has 0 fully saturated rings. The van der Waals surface area contributed by atoms with Crippen molar-refractivity contribution in [1.29, 1.82) is 0 Å². The molecule has 0 rings (SSSR count). The van der Waals surface area contributed by atoms with Gasteiger partial charge in [0.2, 0.25) is 0 Å². The van der Waals surface area contributed by atoms with Crippen LogP contribution in [-0.2, 0) is 17.4 Å². The van der Waals surface area contributed by atoms with E-state index in [1.54, 1.807) is 0 Å². The summed E-state index contributed by atoms with van der Waals surface area (Å²) in [5.74, 6) is 0. The predicted molar refractivity (Wildman–Crippen MR) is 32.0 cm³/mol. The van der Waals surface area contributed by atoms with E-state index >= 15 is 0 Å². The second-order valence-corrected chi connectivity index (χ2v) is 0.224. The smallest absolute Gasteiger partial charge is 0.0689 e. The van der Waals surface area contributed by atoms with E-state index in [0.717, 1.165) is 0 Å². The minimum absolute atomic E-state index is 0. The van der Waals surface area contributed by atoms with E-state index in [1.165, 1.54) is 0 Å². The Bertz CT molecular complexity index is 32.5. The van der Waals surface area contributed by atoms with Crippen LogP contribution in [0.25, 0.3) is 0 Å². The fraction of sp³-hybridized carbons (Fsp3) is 0. The van der Waals surface area contributed by atoms with Crippen LogP contribution in [0.4, 0.5) is 0 Å². The summed E-state index contributed by atoms with van der Waals surface area (Å²) in [4.78, 5) is 8.25. The summed E-state index contributed by atoms with van der Waals surface area (Å²) in [6, 6.07) is 0. The van der Waals surface area contributed by atoms with Gasteiger partial charge >= 0.3 is 0 Å². The molecule has 0 aromatic rings. The van der Waals surface area contributed by atoms with Crippen LogP contribution in [0.1, 0.15) is 0 Å². The van der Waals surface area contributed by atoms with Gasteiger partial charge in [0.15, 0.2) is 0 Å². The first-order chi connectivity index (χ1) is 1.73. The molecule has 0 spiro atoms. The molecule has 0 heterocycles. The van der Waals surface area contributed by atoms with Gasteiger partial charge in [-0.05, 0) is 0 Å². The average Bonchev–Trinajstić information content (AvgIpc) is 0.811. The summed E-state index contributed by atoms with van der Waals surface area (Å²) in [6.07, 6.45) is 0. The SMILES string of the molecule is O.O.O.O.O.O.O=[N+]([O-])[O-].[Cr]. The Labute approximate surface area is 71.5 Å². The van der Waals surface area contributed by atoms with Gasteiger partial charge in [0.05, 0.1) is 5.09 Å². The molecule has 0 radical (unpaired) electrons. The number of hydrogen-bond acceptors (Lipinski definition) is 3. The van der Waals surface area contributed by atoms with Crippen LogP contribution in [0.3, 0.4) is 0 Å². The Balaban J connectivity index is -0.00000000214. The van der Waals surface area contributed by atoms with E-state index in [2.05, 4.69) is 0 Å². The maximum Gasteiger partial charge on any atom is 0.0689 e. The molecule has 0 saturated heterocycles.